The van der Waals surface area contributed by atoms with Crippen LogP contribution in [-0.2, 0) is 9.59 Å². The second-order valence-corrected chi connectivity index (χ2v) is 5.02. The third-order valence-electron chi connectivity index (χ3n) is 2.87. The quantitative estimate of drug-likeness (QED) is 0.687. The Bertz CT molecular complexity index is 248. The maximum absolute atomic E-state index is 11.5. The molecule has 2 saturated heterocycles. The molecule has 2 aliphatic rings. The molecule has 0 aromatic rings. The third kappa shape index (κ3) is 2.72. The number of imide groups is 1. The molecule has 0 aliphatic carbocycles. The van der Waals surface area contributed by atoms with E-state index in [1.807, 2.05) is 0 Å². The lowest BCUT2D eigenvalue weighted by atomic mass is 10.0. The Balaban J connectivity index is 1.90. The van der Waals surface area contributed by atoms with Crippen molar-refractivity contribution in [2.75, 3.05) is 24.6 Å². The number of nitrogens with zero attached hydrogens (tertiary/aromatic N) is 1. The average Bonchev–Trinajstić information content (AvgIpc) is 2.25. The number of thioether (sulfide) groups is 1. The smallest absolute Gasteiger partial charge is 0.239 e. The van der Waals surface area contributed by atoms with Gasteiger partial charge in [0.15, 0.2) is 0 Å². The van der Waals surface area contributed by atoms with Gasteiger partial charge in [-0.15, -0.1) is 11.8 Å². The lowest BCUT2D eigenvalue weighted by Gasteiger charge is -2.31. The van der Waals surface area contributed by atoms with Gasteiger partial charge in [-0.2, -0.15) is 0 Å². The van der Waals surface area contributed by atoms with Gasteiger partial charge >= 0.3 is 0 Å². The molecule has 0 aromatic carbocycles. The van der Waals surface area contributed by atoms with Gasteiger partial charge in [0.05, 0.1) is 11.5 Å². The number of hydrogen-bond acceptors (Lipinski definition) is 4. The summed E-state index contributed by atoms with van der Waals surface area (Å²) in [6.45, 7) is 1.58. The van der Waals surface area contributed by atoms with E-state index < -0.39 is 0 Å². The Morgan fingerprint density at radius 3 is 2.60 bits per heavy atom. The van der Waals surface area contributed by atoms with E-state index in [1.165, 1.54) is 29.5 Å². The first-order chi connectivity index (χ1) is 7.27. The number of nitrogens with one attached hydrogen (secondary N) is 1. The zero-order valence-electron chi connectivity index (χ0n) is 8.70. The Morgan fingerprint density at radius 2 is 2.00 bits per heavy atom. The first kappa shape index (κ1) is 11.0. The van der Waals surface area contributed by atoms with E-state index in [9.17, 15) is 9.59 Å². The predicted molar refractivity (Wildman–Crippen MR) is 59.7 cm³/mol. The van der Waals surface area contributed by atoms with Gasteiger partial charge in [0.2, 0.25) is 11.8 Å². The number of carbonyl (C=O) groups is 2. The fourth-order valence-corrected chi connectivity index (χ4v) is 2.79. The summed E-state index contributed by atoms with van der Waals surface area (Å²) in [7, 11) is 0. The molecule has 0 spiro atoms. The van der Waals surface area contributed by atoms with Crippen molar-refractivity contribution in [2.24, 2.45) is 0 Å². The fraction of sp³-hybridized carbons (Fsp3) is 0.800. The Kier molecular flexibility index (Phi) is 3.64. The third-order valence-corrected chi connectivity index (χ3v) is 3.77. The molecule has 5 heteroatoms. The van der Waals surface area contributed by atoms with Gasteiger partial charge in [-0.1, -0.05) is 6.42 Å². The van der Waals surface area contributed by atoms with Crippen molar-refractivity contribution in [1.29, 1.82) is 0 Å². The van der Waals surface area contributed by atoms with Gasteiger partial charge in [0, 0.05) is 12.6 Å². The standard InChI is InChI=1S/C10H16N2O2S/c13-9-6-15-7-10(14)12(9)5-8-3-1-2-4-11-8/h8,11H,1-7H2. The molecule has 0 saturated carbocycles. The molecule has 2 fully saturated rings. The molecule has 1 unspecified atom stereocenters. The van der Waals surface area contributed by atoms with Crippen LogP contribution in [0.2, 0.25) is 0 Å². The molecule has 0 radical (unpaired) electrons. The van der Waals surface area contributed by atoms with Gasteiger partial charge in [-0.05, 0) is 19.4 Å². The van der Waals surface area contributed by atoms with E-state index in [0.717, 1.165) is 13.0 Å². The molecule has 0 aromatic heterocycles. The average molecular weight is 228 g/mol. The molecule has 2 aliphatic heterocycles. The summed E-state index contributed by atoms with van der Waals surface area (Å²) in [5.41, 5.74) is 0. The molecule has 15 heavy (non-hydrogen) atoms. The number of hydrogen-bond donors (Lipinski definition) is 1. The van der Waals surface area contributed by atoms with Crippen LogP contribution >= 0.6 is 11.8 Å². The molecule has 1 N–H and O–H groups in total. The van der Waals surface area contributed by atoms with E-state index in [4.69, 9.17) is 0 Å². The van der Waals surface area contributed by atoms with Gasteiger partial charge in [-0.3, -0.25) is 14.5 Å². The van der Waals surface area contributed by atoms with Crippen LogP contribution in [0.3, 0.4) is 0 Å². The summed E-state index contributed by atoms with van der Waals surface area (Å²) in [4.78, 5) is 24.5. The van der Waals surface area contributed by atoms with Crippen molar-refractivity contribution in [3.05, 3.63) is 0 Å². The fourth-order valence-electron chi connectivity index (χ4n) is 2.02. The number of rotatable bonds is 2. The zero-order valence-corrected chi connectivity index (χ0v) is 9.52. The van der Waals surface area contributed by atoms with E-state index in [2.05, 4.69) is 5.32 Å². The molecule has 2 rings (SSSR count). The van der Waals surface area contributed by atoms with Crippen LogP contribution in [0.4, 0.5) is 0 Å². The summed E-state index contributed by atoms with van der Waals surface area (Å²) >= 11 is 1.42. The molecular weight excluding hydrogens is 212 g/mol. The summed E-state index contributed by atoms with van der Waals surface area (Å²) < 4.78 is 0. The highest BCUT2D eigenvalue weighted by molar-refractivity contribution is 8.00. The van der Waals surface area contributed by atoms with E-state index in [1.54, 1.807) is 0 Å². The Hall–Kier alpha value is -0.550. The Morgan fingerprint density at radius 1 is 1.27 bits per heavy atom. The minimum absolute atomic E-state index is 0.0244. The first-order valence-corrected chi connectivity index (χ1v) is 6.57. The van der Waals surface area contributed by atoms with Crippen LogP contribution < -0.4 is 5.32 Å². The van der Waals surface area contributed by atoms with Gasteiger partial charge in [-0.25, -0.2) is 0 Å². The molecule has 2 heterocycles. The van der Waals surface area contributed by atoms with E-state index in [0.29, 0.717) is 24.1 Å². The molecule has 1 atom stereocenters. The molecule has 2 amide bonds. The molecule has 84 valence electrons. The SMILES string of the molecule is O=C1CSCC(=O)N1CC1CCCCN1. The number of carbonyl (C=O) groups excluding carboxylic acids is 2. The summed E-state index contributed by atoms with van der Waals surface area (Å²) in [5, 5.41) is 3.35. The van der Waals surface area contributed by atoms with Crippen LogP contribution in [0.5, 0.6) is 0 Å². The molecule has 4 nitrogen and oxygen atoms in total. The van der Waals surface area contributed by atoms with Crippen molar-refractivity contribution in [1.82, 2.24) is 10.2 Å². The van der Waals surface area contributed by atoms with Crippen molar-refractivity contribution in [3.63, 3.8) is 0 Å². The van der Waals surface area contributed by atoms with Gasteiger partial charge in [0.25, 0.3) is 0 Å². The van der Waals surface area contributed by atoms with Crippen molar-refractivity contribution in [2.45, 2.75) is 25.3 Å². The second-order valence-electron chi connectivity index (χ2n) is 4.04. The van der Waals surface area contributed by atoms with Crippen LogP contribution in [0.1, 0.15) is 19.3 Å². The Labute approximate surface area is 93.8 Å². The van der Waals surface area contributed by atoms with E-state index in [-0.39, 0.29) is 11.8 Å². The highest BCUT2D eigenvalue weighted by atomic mass is 32.2. The first-order valence-electron chi connectivity index (χ1n) is 5.41. The maximum Gasteiger partial charge on any atom is 0.239 e. The van der Waals surface area contributed by atoms with Crippen LogP contribution in [-0.4, -0.2) is 47.4 Å². The van der Waals surface area contributed by atoms with Crippen molar-refractivity contribution < 1.29 is 9.59 Å². The van der Waals surface area contributed by atoms with Crippen molar-refractivity contribution >= 4 is 23.6 Å². The molecular formula is C10H16N2O2S. The predicted octanol–water partition coefficient (Wildman–Crippen LogP) is 0.230. The van der Waals surface area contributed by atoms with Crippen LogP contribution in [0, 0.1) is 0 Å². The molecule has 0 bridgehead atoms. The highest BCUT2D eigenvalue weighted by Gasteiger charge is 2.28. The summed E-state index contributed by atoms with van der Waals surface area (Å²) in [6.07, 6.45) is 3.47. The lowest BCUT2D eigenvalue weighted by Crippen LogP contribution is -2.51. The topological polar surface area (TPSA) is 49.4 Å². The monoisotopic (exact) mass is 228 g/mol. The lowest BCUT2D eigenvalue weighted by molar-refractivity contribution is -0.142. The second kappa shape index (κ2) is 4.99. The minimum Gasteiger partial charge on any atom is -0.312 e. The number of piperidine rings is 1. The van der Waals surface area contributed by atoms with E-state index >= 15 is 0 Å². The zero-order chi connectivity index (χ0) is 10.7. The highest BCUT2D eigenvalue weighted by Crippen LogP contribution is 2.15. The summed E-state index contributed by atoms with van der Waals surface area (Å²) in [5.74, 6) is 0.865. The maximum atomic E-state index is 11.5. The van der Waals surface area contributed by atoms with Crippen molar-refractivity contribution in [3.8, 4) is 0 Å². The van der Waals surface area contributed by atoms with Gasteiger partial charge < -0.3 is 5.32 Å². The number of amides is 2. The van der Waals surface area contributed by atoms with Gasteiger partial charge in [0.1, 0.15) is 0 Å². The summed E-state index contributed by atoms with van der Waals surface area (Å²) in [6, 6.07) is 0.315. The van der Waals surface area contributed by atoms with Crippen LogP contribution in [0.25, 0.3) is 0 Å². The normalized spacial score (nSPS) is 28.3. The minimum atomic E-state index is -0.0244. The van der Waals surface area contributed by atoms with Crippen LogP contribution in [0.15, 0.2) is 0 Å². The largest absolute Gasteiger partial charge is 0.312 e.